The van der Waals surface area contributed by atoms with Gasteiger partial charge in [-0.2, -0.15) is 0 Å². The highest BCUT2D eigenvalue weighted by Crippen LogP contribution is 2.18. The highest BCUT2D eigenvalue weighted by molar-refractivity contribution is 5.28. The highest BCUT2D eigenvalue weighted by atomic mass is 16.5. The summed E-state index contributed by atoms with van der Waals surface area (Å²) in [6.45, 7) is 10.5. The standard InChI is InChI=1S/C16H27NO3/c1-4-17(11-12-19-5-2)13-16(18)14-7-9-15(10-8-14)20-6-3/h7-10,16,18H,4-6,11-13H2,1-3H3. The zero-order valence-electron chi connectivity index (χ0n) is 12.8. The number of hydrogen-bond donors (Lipinski definition) is 1. The van der Waals surface area contributed by atoms with Gasteiger partial charge in [-0.05, 0) is 38.1 Å². The molecule has 0 bridgehead atoms. The van der Waals surface area contributed by atoms with Crippen molar-refractivity contribution in [3.05, 3.63) is 29.8 Å². The first-order chi connectivity index (χ1) is 9.71. The molecular weight excluding hydrogens is 254 g/mol. The molecule has 0 spiro atoms. The van der Waals surface area contributed by atoms with Gasteiger partial charge < -0.3 is 14.6 Å². The van der Waals surface area contributed by atoms with E-state index in [1.165, 1.54) is 0 Å². The Bertz CT molecular complexity index is 353. The molecule has 0 saturated heterocycles. The maximum Gasteiger partial charge on any atom is 0.119 e. The van der Waals surface area contributed by atoms with Gasteiger partial charge in [-0.1, -0.05) is 19.1 Å². The van der Waals surface area contributed by atoms with Crippen molar-refractivity contribution in [3.63, 3.8) is 0 Å². The molecule has 0 saturated carbocycles. The summed E-state index contributed by atoms with van der Waals surface area (Å²) in [5.41, 5.74) is 0.920. The quantitative estimate of drug-likeness (QED) is 0.669. The summed E-state index contributed by atoms with van der Waals surface area (Å²) in [7, 11) is 0. The first-order valence-electron chi connectivity index (χ1n) is 7.42. The maximum absolute atomic E-state index is 10.3. The lowest BCUT2D eigenvalue weighted by atomic mass is 10.1. The normalized spacial score (nSPS) is 12.7. The van der Waals surface area contributed by atoms with Gasteiger partial charge in [0.2, 0.25) is 0 Å². The Balaban J connectivity index is 2.48. The van der Waals surface area contributed by atoms with Crippen molar-refractivity contribution in [2.24, 2.45) is 0 Å². The van der Waals surface area contributed by atoms with E-state index in [0.29, 0.717) is 19.8 Å². The SMILES string of the molecule is CCOCCN(CC)CC(O)c1ccc(OCC)cc1. The Morgan fingerprint density at radius 1 is 1.10 bits per heavy atom. The third kappa shape index (κ3) is 5.90. The predicted octanol–water partition coefficient (Wildman–Crippen LogP) is 2.48. The van der Waals surface area contributed by atoms with E-state index in [9.17, 15) is 5.11 Å². The van der Waals surface area contributed by atoms with Crippen LogP contribution in [0.1, 0.15) is 32.4 Å². The molecule has 0 aliphatic carbocycles. The van der Waals surface area contributed by atoms with E-state index in [1.807, 2.05) is 38.1 Å². The van der Waals surface area contributed by atoms with Gasteiger partial charge in [0.15, 0.2) is 0 Å². The molecule has 1 atom stereocenters. The molecule has 1 rings (SSSR count). The third-order valence-corrected chi connectivity index (χ3v) is 3.21. The van der Waals surface area contributed by atoms with E-state index in [-0.39, 0.29) is 0 Å². The smallest absolute Gasteiger partial charge is 0.119 e. The van der Waals surface area contributed by atoms with E-state index in [2.05, 4.69) is 11.8 Å². The van der Waals surface area contributed by atoms with E-state index in [4.69, 9.17) is 9.47 Å². The Kier molecular flexibility index (Phi) is 8.26. The van der Waals surface area contributed by atoms with E-state index >= 15 is 0 Å². The van der Waals surface area contributed by atoms with Gasteiger partial charge in [0, 0.05) is 19.7 Å². The lowest BCUT2D eigenvalue weighted by molar-refractivity contribution is 0.0792. The monoisotopic (exact) mass is 281 g/mol. The summed E-state index contributed by atoms with van der Waals surface area (Å²) < 4.78 is 10.8. The van der Waals surface area contributed by atoms with Gasteiger partial charge in [-0.15, -0.1) is 0 Å². The molecule has 0 aliphatic rings. The van der Waals surface area contributed by atoms with Crippen LogP contribution in [0.5, 0.6) is 5.75 Å². The van der Waals surface area contributed by atoms with Crippen LogP contribution in [0.25, 0.3) is 0 Å². The fraction of sp³-hybridized carbons (Fsp3) is 0.625. The number of hydrogen-bond acceptors (Lipinski definition) is 4. The van der Waals surface area contributed by atoms with Crippen LogP contribution in [0, 0.1) is 0 Å². The summed E-state index contributed by atoms with van der Waals surface area (Å²) in [5, 5.41) is 10.3. The van der Waals surface area contributed by atoms with Crippen LogP contribution in [0.15, 0.2) is 24.3 Å². The maximum atomic E-state index is 10.3. The van der Waals surface area contributed by atoms with Gasteiger partial charge in [0.1, 0.15) is 5.75 Å². The zero-order chi connectivity index (χ0) is 14.8. The zero-order valence-corrected chi connectivity index (χ0v) is 12.8. The number of aliphatic hydroxyl groups is 1. The minimum Gasteiger partial charge on any atom is -0.494 e. The highest BCUT2D eigenvalue weighted by Gasteiger charge is 2.12. The molecule has 1 aromatic carbocycles. The molecule has 4 nitrogen and oxygen atoms in total. The van der Waals surface area contributed by atoms with Crippen molar-refractivity contribution >= 4 is 0 Å². The topological polar surface area (TPSA) is 41.9 Å². The molecule has 1 unspecified atom stereocenters. The van der Waals surface area contributed by atoms with Crippen LogP contribution in [-0.4, -0.2) is 49.5 Å². The molecule has 4 heteroatoms. The number of nitrogens with zero attached hydrogens (tertiary/aromatic N) is 1. The van der Waals surface area contributed by atoms with Crippen molar-refractivity contribution in [1.82, 2.24) is 4.90 Å². The van der Waals surface area contributed by atoms with E-state index in [1.54, 1.807) is 0 Å². The molecule has 0 fully saturated rings. The van der Waals surface area contributed by atoms with Crippen LogP contribution in [0.4, 0.5) is 0 Å². The molecule has 0 aliphatic heterocycles. The van der Waals surface area contributed by atoms with Crippen molar-refractivity contribution < 1.29 is 14.6 Å². The van der Waals surface area contributed by atoms with Gasteiger partial charge in [0.25, 0.3) is 0 Å². The first kappa shape index (κ1) is 17.0. The summed E-state index contributed by atoms with van der Waals surface area (Å²) in [6.07, 6.45) is -0.479. The molecule has 114 valence electrons. The van der Waals surface area contributed by atoms with Gasteiger partial charge >= 0.3 is 0 Å². The summed E-state index contributed by atoms with van der Waals surface area (Å²) in [6, 6.07) is 7.65. The Labute approximate surface area is 122 Å². The minimum atomic E-state index is -0.479. The summed E-state index contributed by atoms with van der Waals surface area (Å²) >= 11 is 0. The Morgan fingerprint density at radius 2 is 1.80 bits per heavy atom. The number of rotatable bonds is 10. The van der Waals surface area contributed by atoms with Crippen LogP contribution in [-0.2, 0) is 4.74 Å². The van der Waals surface area contributed by atoms with Crippen LogP contribution in [0.2, 0.25) is 0 Å². The Morgan fingerprint density at radius 3 is 2.35 bits per heavy atom. The molecule has 1 aromatic rings. The van der Waals surface area contributed by atoms with Crippen molar-refractivity contribution in [3.8, 4) is 5.75 Å². The second-order valence-corrected chi connectivity index (χ2v) is 4.61. The average molecular weight is 281 g/mol. The second kappa shape index (κ2) is 9.75. The van der Waals surface area contributed by atoms with E-state index in [0.717, 1.165) is 31.0 Å². The fourth-order valence-electron chi connectivity index (χ4n) is 2.02. The average Bonchev–Trinajstić information content (AvgIpc) is 2.47. The predicted molar refractivity (Wildman–Crippen MR) is 81.2 cm³/mol. The van der Waals surface area contributed by atoms with Crippen LogP contribution in [0.3, 0.4) is 0 Å². The molecule has 1 N–H and O–H groups in total. The molecule has 20 heavy (non-hydrogen) atoms. The number of aliphatic hydroxyl groups excluding tert-OH is 1. The Hall–Kier alpha value is -1.10. The molecular formula is C16H27NO3. The van der Waals surface area contributed by atoms with Gasteiger partial charge in [0.05, 0.1) is 19.3 Å². The lowest BCUT2D eigenvalue weighted by Gasteiger charge is -2.23. The summed E-state index contributed by atoms with van der Waals surface area (Å²) in [5.74, 6) is 0.840. The second-order valence-electron chi connectivity index (χ2n) is 4.61. The molecule has 0 aromatic heterocycles. The number of ether oxygens (including phenoxy) is 2. The number of benzene rings is 1. The largest absolute Gasteiger partial charge is 0.494 e. The number of likely N-dealkylation sites (N-methyl/N-ethyl adjacent to an activating group) is 1. The van der Waals surface area contributed by atoms with Crippen LogP contribution < -0.4 is 4.74 Å². The van der Waals surface area contributed by atoms with Crippen LogP contribution >= 0.6 is 0 Å². The van der Waals surface area contributed by atoms with Crippen molar-refractivity contribution in [2.45, 2.75) is 26.9 Å². The van der Waals surface area contributed by atoms with Crippen molar-refractivity contribution in [1.29, 1.82) is 0 Å². The fourth-order valence-corrected chi connectivity index (χ4v) is 2.02. The molecule has 0 amide bonds. The molecule has 0 heterocycles. The lowest BCUT2D eigenvalue weighted by Crippen LogP contribution is -2.31. The third-order valence-electron chi connectivity index (χ3n) is 3.21. The summed E-state index contributed by atoms with van der Waals surface area (Å²) in [4.78, 5) is 2.19. The van der Waals surface area contributed by atoms with E-state index < -0.39 is 6.10 Å². The minimum absolute atomic E-state index is 0.479. The molecule has 0 radical (unpaired) electrons. The van der Waals surface area contributed by atoms with Gasteiger partial charge in [-0.25, -0.2) is 0 Å². The van der Waals surface area contributed by atoms with Crippen molar-refractivity contribution in [2.75, 3.05) is 39.5 Å². The first-order valence-corrected chi connectivity index (χ1v) is 7.42. The van der Waals surface area contributed by atoms with Gasteiger partial charge in [-0.3, -0.25) is 4.90 Å².